The van der Waals surface area contributed by atoms with Crippen molar-refractivity contribution in [1.82, 2.24) is 9.88 Å². The van der Waals surface area contributed by atoms with E-state index in [4.69, 9.17) is 0 Å². The molecule has 5 unspecified atom stereocenters. The van der Waals surface area contributed by atoms with Gasteiger partial charge in [0.2, 0.25) is 0 Å². The molecule has 4 aromatic rings. The molecule has 3 heterocycles. The fraction of sp³-hybridized carbons (Fsp3) is 0.277. The molecule has 3 aromatic carbocycles. The molecule has 1 N–H and O–H groups in total. The summed E-state index contributed by atoms with van der Waals surface area (Å²) in [5.41, 5.74) is 14.4. The topological polar surface area (TPSA) is 20.2 Å². The number of rotatable bonds is 5. The number of allylic oxidation sites excluding steroid dienone is 8. The summed E-state index contributed by atoms with van der Waals surface area (Å²) in [6, 6.07) is 30.1. The van der Waals surface area contributed by atoms with Crippen LogP contribution in [0.3, 0.4) is 0 Å². The average molecular weight is 652 g/mol. The molecule has 50 heavy (non-hydrogen) atoms. The van der Waals surface area contributed by atoms with E-state index < -0.39 is 0 Å². The van der Waals surface area contributed by atoms with Gasteiger partial charge in [-0.2, -0.15) is 0 Å². The number of aromatic nitrogens is 1. The van der Waals surface area contributed by atoms with E-state index >= 15 is 0 Å². The first-order valence-corrected chi connectivity index (χ1v) is 19.0. The standard InChI is InChI=1S/C47H45N3/c1-4-16-32(17-5-1)34-30-41(33-18-6-2-7-19-33)48-45(31-34)50-43-28-13-11-23-40(43)46-37(24-15-29-44(46)50)39-26-14-25-38-36-22-10-12-27-42(36)49(47(38)39)35-20-8-3-9-21-35/h1-2,4-7,10-18,20,22-25,27-28,31,33,39,41,44-45,48H,3,8-9,19,21,26,29-30H2. The minimum absolute atomic E-state index is 0.0975. The summed E-state index contributed by atoms with van der Waals surface area (Å²) in [5, 5.41) is 5.60. The third kappa shape index (κ3) is 4.89. The molecule has 0 radical (unpaired) electrons. The molecule has 3 nitrogen and oxygen atoms in total. The predicted octanol–water partition coefficient (Wildman–Crippen LogP) is 11.1. The Morgan fingerprint density at radius 2 is 1.62 bits per heavy atom. The van der Waals surface area contributed by atoms with Gasteiger partial charge in [0.25, 0.3) is 0 Å². The lowest BCUT2D eigenvalue weighted by Crippen LogP contribution is -2.55. The minimum Gasteiger partial charge on any atom is -0.345 e. The lowest BCUT2D eigenvalue weighted by Gasteiger charge is -2.43. The number of benzene rings is 3. The zero-order chi connectivity index (χ0) is 33.0. The summed E-state index contributed by atoms with van der Waals surface area (Å²) >= 11 is 0. The number of para-hydroxylation sites is 2. The van der Waals surface area contributed by atoms with Crippen molar-refractivity contribution in [2.75, 3.05) is 4.90 Å². The van der Waals surface area contributed by atoms with E-state index in [1.165, 1.54) is 80.7 Å². The number of fused-ring (bicyclic) bond motifs is 6. The van der Waals surface area contributed by atoms with Gasteiger partial charge in [0, 0.05) is 45.6 Å². The average Bonchev–Trinajstić information content (AvgIpc) is 3.72. The molecule has 0 amide bonds. The van der Waals surface area contributed by atoms with Gasteiger partial charge in [-0.05, 0) is 97.8 Å². The summed E-state index contributed by atoms with van der Waals surface area (Å²) in [6.07, 6.45) is 33.2. The van der Waals surface area contributed by atoms with Gasteiger partial charge in [-0.15, -0.1) is 0 Å². The van der Waals surface area contributed by atoms with Crippen LogP contribution in [0, 0.1) is 5.92 Å². The Balaban J connectivity index is 1.12. The molecule has 1 aromatic heterocycles. The Kier molecular flexibility index (Phi) is 7.49. The molecule has 10 rings (SSSR count). The van der Waals surface area contributed by atoms with Crippen molar-refractivity contribution in [3.8, 4) is 0 Å². The van der Waals surface area contributed by atoms with E-state index in [-0.39, 0.29) is 12.2 Å². The van der Waals surface area contributed by atoms with Crippen LogP contribution in [0.2, 0.25) is 0 Å². The maximum atomic E-state index is 4.21. The number of anilines is 1. The number of hydrogen-bond acceptors (Lipinski definition) is 2. The highest BCUT2D eigenvalue weighted by molar-refractivity contribution is 5.97. The molecular formula is C47H45N3. The van der Waals surface area contributed by atoms with Crippen molar-refractivity contribution in [3.63, 3.8) is 0 Å². The van der Waals surface area contributed by atoms with E-state index in [0.717, 1.165) is 32.1 Å². The van der Waals surface area contributed by atoms with E-state index in [2.05, 4.69) is 154 Å². The maximum absolute atomic E-state index is 4.21. The Morgan fingerprint density at radius 1 is 0.760 bits per heavy atom. The number of nitrogens with one attached hydrogen (secondary N) is 1. The smallest absolute Gasteiger partial charge is 0.100 e. The van der Waals surface area contributed by atoms with Crippen molar-refractivity contribution in [2.24, 2.45) is 5.92 Å². The molecule has 2 aliphatic heterocycles. The highest BCUT2D eigenvalue weighted by Gasteiger charge is 2.43. The Labute approximate surface area is 296 Å². The second kappa shape index (κ2) is 12.5. The Hall–Kier alpha value is -4.86. The summed E-state index contributed by atoms with van der Waals surface area (Å²) < 4.78 is 2.68. The highest BCUT2D eigenvalue weighted by atomic mass is 15.3. The van der Waals surface area contributed by atoms with Gasteiger partial charge in [-0.25, -0.2) is 0 Å². The van der Waals surface area contributed by atoms with Gasteiger partial charge >= 0.3 is 0 Å². The number of hydrogen-bond donors (Lipinski definition) is 1. The van der Waals surface area contributed by atoms with Crippen LogP contribution in [-0.4, -0.2) is 22.8 Å². The van der Waals surface area contributed by atoms with Gasteiger partial charge < -0.3 is 9.47 Å². The molecule has 248 valence electrons. The SMILES string of the molecule is C1=CCC(C2CC(c3ccccc3)=CC(N3c4ccccc4C4=C(C5CC=Cc6c5n(C5=CCCCC5)c5ccccc65)C=CCC43)N2)C=C1. The molecule has 0 fully saturated rings. The molecule has 0 spiro atoms. The first-order chi connectivity index (χ1) is 24.8. The first-order valence-electron chi connectivity index (χ1n) is 19.0. The van der Waals surface area contributed by atoms with Gasteiger partial charge in [0.05, 0.1) is 11.6 Å². The van der Waals surface area contributed by atoms with Crippen molar-refractivity contribution >= 4 is 39.5 Å². The zero-order valence-corrected chi connectivity index (χ0v) is 28.7. The van der Waals surface area contributed by atoms with Crippen molar-refractivity contribution in [1.29, 1.82) is 0 Å². The van der Waals surface area contributed by atoms with Crippen LogP contribution in [0.1, 0.15) is 79.7 Å². The highest BCUT2D eigenvalue weighted by Crippen LogP contribution is 2.52. The second-order valence-electron chi connectivity index (χ2n) is 14.9. The molecule has 0 saturated heterocycles. The molecule has 4 aliphatic carbocycles. The molecule has 5 atom stereocenters. The summed E-state index contributed by atoms with van der Waals surface area (Å²) in [6.45, 7) is 0. The van der Waals surface area contributed by atoms with Crippen LogP contribution >= 0.6 is 0 Å². The van der Waals surface area contributed by atoms with Crippen molar-refractivity contribution in [2.45, 2.75) is 75.5 Å². The van der Waals surface area contributed by atoms with Crippen LogP contribution in [0.4, 0.5) is 5.69 Å². The van der Waals surface area contributed by atoms with Crippen LogP contribution < -0.4 is 10.2 Å². The van der Waals surface area contributed by atoms with E-state index in [0.29, 0.717) is 17.9 Å². The Morgan fingerprint density at radius 3 is 2.50 bits per heavy atom. The summed E-state index contributed by atoms with van der Waals surface area (Å²) in [7, 11) is 0. The second-order valence-corrected chi connectivity index (χ2v) is 14.9. The lowest BCUT2D eigenvalue weighted by atomic mass is 9.78. The zero-order valence-electron chi connectivity index (χ0n) is 28.7. The van der Waals surface area contributed by atoms with Gasteiger partial charge in [0.15, 0.2) is 0 Å². The third-order valence-corrected chi connectivity index (χ3v) is 12.1. The molecule has 6 aliphatic rings. The van der Waals surface area contributed by atoms with E-state index in [1.54, 1.807) is 0 Å². The molecular weight excluding hydrogens is 607 g/mol. The monoisotopic (exact) mass is 651 g/mol. The summed E-state index contributed by atoms with van der Waals surface area (Å²) in [5.74, 6) is 0.780. The fourth-order valence-electron chi connectivity index (χ4n) is 9.92. The van der Waals surface area contributed by atoms with Crippen LogP contribution in [0.15, 0.2) is 139 Å². The van der Waals surface area contributed by atoms with Gasteiger partial charge in [-0.1, -0.05) is 121 Å². The quantitative estimate of drug-likeness (QED) is 0.232. The minimum atomic E-state index is 0.0975. The molecule has 0 saturated carbocycles. The predicted molar refractivity (Wildman–Crippen MR) is 211 cm³/mol. The molecule has 0 bridgehead atoms. The van der Waals surface area contributed by atoms with Crippen molar-refractivity contribution in [3.05, 3.63) is 162 Å². The maximum Gasteiger partial charge on any atom is 0.100 e. The third-order valence-electron chi connectivity index (χ3n) is 12.1. The van der Waals surface area contributed by atoms with Crippen molar-refractivity contribution < 1.29 is 0 Å². The largest absolute Gasteiger partial charge is 0.345 e. The number of nitrogens with zero attached hydrogens (tertiary/aromatic N) is 2. The van der Waals surface area contributed by atoms with Crippen LogP contribution in [0.25, 0.3) is 33.8 Å². The van der Waals surface area contributed by atoms with E-state index in [1.807, 2.05) is 0 Å². The van der Waals surface area contributed by atoms with Gasteiger partial charge in [0.1, 0.15) is 6.17 Å². The van der Waals surface area contributed by atoms with Crippen LogP contribution in [0.5, 0.6) is 0 Å². The van der Waals surface area contributed by atoms with Crippen LogP contribution in [-0.2, 0) is 0 Å². The molecule has 3 heteroatoms. The summed E-state index contributed by atoms with van der Waals surface area (Å²) in [4.78, 5) is 2.74. The fourth-order valence-corrected chi connectivity index (χ4v) is 9.92. The first kappa shape index (κ1) is 30.0. The Bertz CT molecular complexity index is 2180. The lowest BCUT2D eigenvalue weighted by molar-refractivity contribution is 0.364. The normalized spacial score (nSPS) is 26.9. The van der Waals surface area contributed by atoms with E-state index in [9.17, 15) is 0 Å². The van der Waals surface area contributed by atoms with Gasteiger partial charge in [-0.3, -0.25) is 5.32 Å².